The number of imidazole rings is 1. The lowest BCUT2D eigenvalue weighted by atomic mass is 10.3. The molecule has 1 unspecified atom stereocenters. The Balaban J connectivity index is 1.69. The molecule has 0 radical (unpaired) electrons. The number of aryl methyl sites for hydroxylation is 3. The minimum atomic E-state index is -0.167. The number of carbonyl (C=O) groups excluding carboxylic acids is 1. The number of nitrogens with one attached hydrogen (secondary N) is 1. The summed E-state index contributed by atoms with van der Waals surface area (Å²) in [7, 11) is 0. The van der Waals surface area contributed by atoms with Crippen molar-refractivity contribution in [1.82, 2.24) is 24.5 Å². The minimum absolute atomic E-state index is 0.0897. The molecular weight excluding hydrogens is 290 g/mol. The molecule has 0 saturated heterocycles. The molecule has 6 heteroatoms. The van der Waals surface area contributed by atoms with E-state index in [1.54, 1.807) is 6.20 Å². The summed E-state index contributed by atoms with van der Waals surface area (Å²) < 4.78 is 3.79. The van der Waals surface area contributed by atoms with Gasteiger partial charge < -0.3 is 9.72 Å². The molecule has 0 aliphatic rings. The van der Waals surface area contributed by atoms with Gasteiger partial charge in [-0.15, -0.1) is 0 Å². The van der Waals surface area contributed by atoms with Crippen LogP contribution in [0.4, 0.5) is 0 Å². The lowest BCUT2D eigenvalue weighted by molar-refractivity contribution is 0.0943. The first kappa shape index (κ1) is 15.3. The summed E-state index contributed by atoms with van der Waals surface area (Å²) in [5.41, 5.74) is 4.40. The number of rotatable bonds is 4. The molecule has 0 aliphatic carbocycles. The molecule has 0 aliphatic heterocycles. The van der Waals surface area contributed by atoms with E-state index in [4.69, 9.17) is 0 Å². The molecule has 1 amide bonds. The fourth-order valence-electron chi connectivity index (χ4n) is 2.70. The fourth-order valence-corrected chi connectivity index (χ4v) is 2.70. The summed E-state index contributed by atoms with van der Waals surface area (Å²) in [6.07, 6.45) is 3.66. The van der Waals surface area contributed by atoms with E-state index in [9.17, 15) is 4.79 Å². The predicted molar refractivity (Wildman–Crippen MR) is 88.7 cm³/mol. The first-order valence-electron chi connectivity index (χ1n) is 7.70. The number of pyridine rings is 1. The topological polar surface area (TPSA) is 64.2 Å². The van der Waals surface area contributed by atoms with Gasteiger partial charge in [0.1, 0.15) is 11.3 Å². The molecule has 3 aromatic heterocycles. The van der Waals surface area contributed by atoms with Crippen LogP contribution in [0.2, 0.25) is 0 Å². The van der Waals surface area contributed by atoms with Crippen molar-refractivity contribution in [3.8, 4) is 0 Å². The molecule has 1 N–H and O–H groups in total. The van der Waals surface area contributed by atoms with Crippen molar-refractivity contribution in [2.45, 2.75) is 33.7 Å². The number of aromatic nitrogens is 4. The second-order valence-corrected chi connectivity index (χ2v) is 6.03. The van der Waals surface area contributed by atoms with Crippen molar-refractivity contribution in [2.24, 2.45) is 0 Å². The van der Waals surface area contributed by atoms with E-state index in [-0.39, 0.29) is 11.9 Å². The molecule has 3 rings (SSSR count). The Morgan fingerprint density at radius 1 is 1.30 bits per heavy atom. The highest BCUT2D eigenvalue weighted by Gasteiger charge is 2.14. The van der Waals surface area contributed by atoms with Gasteiger partial charge in [0.2, 0.25) is 0 Å². The molecular formula is C17H21N5O. The van der Waals surface area contributed by atoms with Crippen molar-refractivity contribution in [3.05, 3.63) is 53.2 Å². The van der Waals surface area contributed by atoms with Crippen LogP contribution in [0.25, 0.3) is 5.65 Å². The highest BCUT2D eigenvalue weighted by molar-refractivity contribution is 5.92. The number of hydrogen-bond acceptors (Lipinski definition) is 3. The Morgan fingerprint density at radius 2 is 2.09 bits per heavy atom. The summed E-state index contributed by atoms with van der Waals surface area (Å²) in [5.74, 6) is -0.167. The summed E-state index contributed by atoms with van der Waals surface area (Å²) in [4.78, 5) is 16.7. The molecule has 120 valence electrons. The van der Waals surface area contributed by atoms with Crippen molar-refractivity contribution in [1.29, 1.82) is 0 Å². The van der Waals surface area contributed by atoms with Crippen LogP contribution in [0.1, 0.15) is 40.4 Å². The molecule has 0 bridgehead atoms. The smallest absolute Gasteiger partial charge is 0.271 e. The largest absolute Gasteiger partial charge is 0.349 e. The highest BCUT2D eigenvalue weighted by Crippen LogP contribution is 2.11. The molecule has 3 aromatic rings. The van der Waals surface area contributed by atoms with E-state index >= 15 is 0 Å². The average molecular weight is 311 g/mol. The standard InChI is InChI=1S/C17H21N5O/c1-11-5-6-21-10-15(19-16(21)7-11)17(23)18-9-14(4)22-13(3)8-12(2)20-22/h5-8,10,14H,9H2,1-4H3,(H,18,23). The summed E-state index contributed by atoms with van der Waals surface area (Å²) >= 11 is 0. The molecule has 0 spiro atoms. The van der Waals surface area contributed by atoms with Crippen molar-refractivity contribution in [3.63, 3.8) is 0 Å². The lowest BCUT2D eigenvalue weighted by Gasteiger charge is -2.14. The van der Waals surface area contributed by atoms with Crippen LogP contribution in [0, 0.1) is 20.8 Å². The molecule has 1 atom stereocenters. The second-order valence-electron chi connectivity index (χ2n) is 6.03. The van der Waals surface area contributed by atoms with Gasteiger partial charge in [0, 0.05) is 24.6 Å². The van der Waals surface area contributed by atoms with Crippen LogP contribution in [-0.4, -0.2) is 31.6 Å². The molecule has 3 heterocycles. The van der Waals surface area contributed by atoms with Crippen molar-refractivity contribution >= 4 is 11.6 Å². The van der Waals surface area contributed by atoms with Gasteiger partial charge >= 0.3 is 0 Å². The van der Waals surface area contributed by atoms with E-state index in [1.807, 2.05) is 61.2 Å². The number of amides is 1. The number of nitrogens with zero attached hydrogens (tertiary/aromatic N) is 4. The van der Waals surface area contributed by atoms with Crippen LogP contribution < -0.4 is 5.32 Å². The average Bonchev–Trinajstić information content (AvgIpc) is 3.06. The molecule has 0 aromatic carbocycles. The van der Waals surface area contributed by atoms with Gasteiger partial charge in [0.05, 0.1) is 11.7 Å². The minimum Gasteiger partial charge on any atom is -0.349 e. The second kappa shape index (κ2) is 5.87. The van der Waals surface area contributed by atoms with E-state index in [1.165, 1.54) is 0 Å². The number of carbonyl (C=O) groups is 1. The third kappa shape index (κ3) is 3.11. The van der Waals surface area contributed by atoms with Gasteiger partial charge in [-0.2, -0.15) is 5.10 Å². The van der Waals surface area contributed by atoms with E-state index in [2.05, 4.69) is 15.4 Å². The van der Waals surface area contributed by atoms with Crippen LogP contribution in [0.5, 0.6) is 0 Å². The Morgan fingerprint density at radius 3 is 2.78 bits per heavy atom. The van der Waals surface area contributed by atoms with Gasteiger partial charge in [-0.1, -0.05) is 0 Å². The zero-order valence-corrected chi connectivity index (χ0v) is 13.9. The third-order valence-corrected chi connectivity index (χ3v) is 3.87. The zero-order valence-electron chi connectivity index (χ0n) is 13.9. The summed E-state index contributed by atoms with van der Waals surface area (Å²) in [6.45, 7) is 8.53. The van der Waals surface area contributed by atoms with Gasteiger partial charge in [-0.25, -0.2) is 4.98 Å². The van der Waals surface area contributed by atoms with Gasteiger partial charge in [0.15, 0.2) is 0 Å². The molecule has 23 heavy (non-hydrogen) atoms. The maximum Gasteiger partial charge on any atom is 0.271 e. The maximum atomic E-state index is 12.3. The first-order valence-corrected chi connectivity index (χ1v) is 7.70. The van der Waals surface area contributed by atoms with Crippen molar-refractivity contribution < 1.29 is 4.79 Å². The maximum absolute atomic E-state index is 12.3. The van der Waals surface area contributed by atoms with Gasteiger partial charge in [0.25, 0.3) is 5.91 Å². The van der Waals surface area contributed by atoms with Crippen LogP contribution in [-0.2, 0) is 0 Å². The Labute approximate surface area is 135 Å². The van der Waals surface area contributed by atoms with Crippen molar-refractivity contribution in [2.75, 3.05) is 6.54 Å². The van der Waals surface area contributed by atoms with Crippen LogP contribution in [0.3, 0.4) is 0 Å². The highest BCUT2D eigenvalue weighted by atomic mass is 16.1. The van der Waals surface area contributed by atoms with E-state index in [0.29, 0.717) is 12.2 Å². The normalized spacial score (nSPS) is 12.5. The van der Waals surface area contributed by atoms with E-state index < -0.39 is 0 Å². The Bertz CT molecular complexity index is 861. The summed E-state index contributed by atoms with van der Waals surface area (Å²) in [6, 6.07) is 6.06. The molecule has 0 fully saturated rings. The predicted octanol–water partition coefficient (Wildman–Crippen LogP) is 2.45. The first-order chi connectivity index (χ1) is 10.9. The third-order valence-electron chi connectivity index (χ3n) is 3.87. The summed E-state index contributed by atoms with van der Waals surface area (Å²) in [5, 5.41) is 7.38. The van der Waals surface area contributed by atoms with Gasteiger partial charge in [-0.3, -0.25) is 9.48 Å². The Hall–Kier alpha value is -2.63. The van der Waals surface area contributed by atoms with Crippen LogP contribution in [0.15, 0.2) is 30.6 Å². The SMILES string of the molecule is Cc1ccn2cc(C(=O)NCC(C)n3nc(C)cc3C)nc2c1. The monoisotopic (exact) mass is 311 g/mol. The quantitative estimate of drug-likeness (QED) is 0.805. The molecule has 6 nitrogen and oxygen atoms in total. The lowest BCUT2D eigenvalue weighted by Crippen LogP contribution is -2.30. The molecule has 0 saturated carbocycles. The van der Waals surface area contributed by atoms with Crippen LogP contribution >= 0.6 is 0 Å². The number of fused-ring (bicyclic) bond motifs is 1. The zero-order chi connectivity index (χ0) is 16.6. The fraction of sp³-hybridized carbons (Fsp3) is 0.353. The van der Waals surface area contributed by atoms with Gasteiger partial charge in [-0.05, 0) is 51.5 Å². The number of hydrogen-bond donors (Lipinski definition) is 1. The van der Waals surface area contributed by atoms with E-state index in [0.717, 1.165) is 22.6 Å². The Kier molecular flexibility index (Phi) is 3.90.